The van der Waals surface area contributed by atoms with E-state index in [9.17, 15) is 17.2 Å². The molecule has 1 aromatic rings. The average Bonchev–Trinajstić information content (AvgIpc) is 2.00. The third-order valence-electron chi connectivity index (χ3n) is 1.73. The summed E-state index contributed by atoms with van der Waals surface area (Å²) in [5.74, 6) is 0. The number of halogens is 4. The van der Waals surface area contributed by atoms with E-state index in [1.165, 1.54) is 6.92 Å². The standard InChI is InChI=1S/C7H5ClF2INO2S/c1-3-5(6(9)10)4(11)2-12-7(3)15(8,13)14/h2,6H,1H3. The van der Waals surface area contributed by atoms with Crippen LogP contribution in [0.1, 0.15) is 17.6 Å². The van der Waals surface area contributed by atoms with Crippen LogP contribution in [0.4, 0.5) is 8.78 Å². The Bertz CT molecular complexity index is 492. The minimum atomic E-state index is -4.08. The molecule has 0 atom stereocenters. The Kier molecular flexibility index (Phi) is 3.88. The van der Waals surface area contributed by atoms with E-state index in [4.69, 9.17) is 10.7 Å². The number of hydrogen-bond donors (Lipinski definition) is 0. The van der Waals surface area contributed by atoms with Crippen LogP contribution in [0.25, 0.3) is 0 Å². The summed E-state index contributed by atoms with van der Waals surface area (Å²) < 4.78 is 47.4. The molecule has 0 spiro atoms. The van der Waals surface area contributed by atoms with Crippen LogP contribution in [-0.4, -0.2) is 13.4 Å². The first-order valence-corrected chi connectivity index (χ1v) is 7.01. The summed E-state index contributed by atoms with van der Waals surface area (Å²) in [7, 11) is 0.973. The fraction of sp³-hybridized carbons (Fsp3) is 0.286. The zero-order valence-electron chi connectivity index (χ0n) is 7.34. The average molecular weight is 368 g/mol. The van der Waals surface area contributed by atoms with Gasteiger partial charge in [-0.2, -0.15) is 0 Å². The van der Waals surface area contributed by atoms with Crippen molar-refractivity contribution in [3.05, 3.63) is 20.9 Å². The fourth-order valence-corrected chi connectivity index (χ4v) is 2.99. The van der Waals surface area contributed by atoms with Crippen LogP contribution in [0.3, 0.4) is 0 Å². The van der Waals surface area contributed by atoms with Crippen molar-refractivity contribution in [3.8, 4) is 0 Å². The summed E-state index contributed by atoms with van der Waals surface area (Å²) >= 11 is 1.67. The number of aromatic nitrogens is 1. The quantitative estimate of drug-likeness (QED) is 0.596. The lowest BCUT2D eigenvalue weighted by Gasteiger charge is -2.09. The first kappa shape index (κ1) is 13.0. The van der Waals surface area contributed by atoms with E-state index in [1.54, 1.807) is 22.6 Å². The number of hydrogen-bond acceptors (Lipinski definition) is 3. The molecule has 0 N–H and O–H groups in total. The lowest BCUT2D eigenvalue weighted by Crippen LogP contribution is -2.04. The molecule has 1 rings (SSSR count). The van der Waals surface area contributed by atoms with Crippen molar-refractivity contribution >= 4 is 42.3 Å². The largest absolute Gasteiger partial charge is 0.278 e. The number of nitrogens with zero attached hydrogens (tertiary/aromatic N) is 1. The van der Waals surface area contributed by atoms with Crippen LogP contribution < -0.4 is 0 Å². The van der Waals surface area contributed by atoms with Gasteiger partial charge in [-0.1, -0.05) is 0 Å². The van der Waals surface area contributed by atoms with E-state index in [-0.39, 0.29) is 14.7 Å². The molecular weight excluding hydrogens is 363 g/mol. The van der Waals surface area contributed by atoms with Gasteiger partial charge in [0.1, 0.15) is 0 Å². The monoisotopic (exact) mass is 367 g/mol. The molecule has 0 aliphatic rings. The molecule has 1 aromatic heterocycles. The molecular formula is C7H5ClF2INO2S. The van der Waals surface area contributed by atoms with Crippen molar-refractivity contribution in [1.82, 2.24) is 4.98 Å². The highest BCUT2D eigenvalue weighted by Gasteiger charge is 2.23. The van der Waals surface area contributed by atoms with Gasteiger partial charge in [-0.05, 0) is 35.1 Å². The molecule has 0 unspecified atom stereocenters. The Morgan fingerprint density at radius 2 is 2.07 bits per heavy atom. The summed E-state index contributed by atoms with van der Waals surface area (Å²) in [5.41, 5.74) is -0.447. The van der Waals surface area contributed by atoms with Crippen molar-refractivity contribution < 1.29 is 17.2 Å². The van der Waals surface area contributed by atoms with Crippen LogP contribution >= 0.6 is 33.3 Å². The molecule has 3 nitrogen and oxygen atoms in total. The van der Waals surface area contributed by atoms with E-state index in [2.05, 4.69) is 4.98 Å². The fourth-order valence-electron chi connectivity index (χ4n) is 1.09. The van der Waals surface area contributed by atoms with Crippen molar-refractivity contribution in [2.24, 2.45) is 0 Å². The summed E-state index contributed by atoms with van der Waals surface area (Å²) in [4.78, 5) is 3.53. The minimum absolute atomic E-state index is 0.105. The third-order valence-corrected chi connectivity index (χ3v) is 3.90. The van der Waals surface area contributed by atoms with Crippen LogP contribution in [-0.2, 0) is 9.05 Å². The molecule has 0 aliphatic heterocycles. The molecule has 0 amide bonds. The molecule has 84 valence electrons. The Morgan fingerprint density at radius 1 is 1.53 bits per heavy atom. The molecule has 0 fully saturated rings. The summed E-state index contributed by atoms with van der Waals surface area (Å²) in [5, 5.41) is -0.514. The van der Waals surface area contributed by atoms with Crippen LogP contribution in [0.5, 0.6) is 0 Å². The van der Waals surface area contributed by atoms with Crippen molar-refractivity contribution in [3.63, 3.8) is 0 Å². The van der Waals surface area contributed by atoms with Gasteiger partial charge in [0.25, 0.3) is 15.5 Å². The molecule has 0 saturated heterocycles. The van der Waals surface area contributed by atoms with Gasteiger partial charge in [-0.15, -0.1) is 0 Å². The third kappa shape index (κ3) is 2.76. The highest BCUT2D eigenvalue weighted by Crippen LogP contribution is 2.31. The van der Waals surface area contributed by atoms with Crippen LogP contribution in [0.2, 0.25) is 0 Å². The van der Waals surface area contributed by atoms with E-state index in [0.717, 1.165) is 6.20 Å². The van der Waals surface area contributed by atoms with E-state index in [0.29, 0.717) is 0 Å². The van der Waals surface area contributed by atoms with Crippen LogP contribution in [0.15, 0.2) is 11.2 Å². The number of pyridine rings is 1. The topological polar surface area (TPSA) is 47.0 Å². The SMILES string of the molecule is Cc1c(S(=O)(=O)Cl)ncc(I)c1C(F)F. The molecule has 0 radical (unpaired) electrons. The molecule has 0 bridgehead atoms. The summed E-state index contributed by atoms with van der Waals surface area (Å²) in [6, 6.07) is 0. The first-order chi connectivity index (χ1) is 6.75. The molecule has 15 heavy (non-hydrogen) atoms. The molecule has 0 saturated carbocycles. The van der Waals surface area contributed by atoms with Gasteiger partial charge in [-0.25, -0.2) is 22.2 Å². The molecule has 0 aliphatic carbocycles. The Hall–Kier alpha value is -0.0200. The number of alkyl halides is 2. The Balaban J connectivity index is 3.56. The van der Waals surface area contributed by atoms with Gasteiger partial charge in [0.05, 0.1) is 0 Å². The van der Waals surface area contributed by atoms with E-state index < -0.39 is 20.5 Å². The van der Waals surface area contributed by atoms with Crippen molar-refractivity contribution in [1.29, 1.82) is 0 Å². The van der Waals surface area contributed by atoms with Gasteiger partial charge in [-0.3, -0.25) is 0 Å². The lowest BCUT2D eigenvalue weighted by molar-refractivity contribution is 0.149. The van der Waals surface area contributed by atoms with Gasteiger partial charge < -0.3 is 0 Å². The lowest BCUT2D eigenvalue weighted by atomic mass is 10.2. The maximum absolute atomic E-state index is 12.6. The first-order valence-electron chi connectivity index (χ1n) is 3.63. The normalized spacial score (nSPS) is 12.1. The summed E-state index contributed by atoms with van der Waals surface area (Å²) in [6.07, 6.45) is -1.69. The Morgan fingerprint density at radius 3 is 2.47 bits per heavy atom. The zero-order valence-corrected chi connectivity index (χ0v) is 11.1. The molecule has 0 aromatic carbocycles. The van der Waals surface area contributed by atoms with Crippen LogP contribution in [0, 0.1) is 10.5 Å². The van der Waals surface area contributed by atoms with Gasteiger partial charge in [0.15, 0.2) is 5.03 Å². The van der Waals surface area contributed by atoms with Crippen molar-refractivity contribution in [2.75, 3.05) is 0 Å². The maximum Gasteiger partial charge on any atom is 0.278 e. The second-order valence-electron chi connectivity index (χ2n) is 2.69. The number of rotatable bonds is 2. The maximum atomic E-state index is 12.6. The smallest absolute Gasteiger partial charge is 0.242 e. The van der Waals surface area contributed by atoms with Gasteiger partial charge in [0.2, 0.25) is 0 Å². The highest BCUT2D eigenvalue weighted by molar-refractivity contribution is 14.1. The van der Waals surface area contributed by atoms with E-state index >= 15 is 0 Å². The van der Waals surface area contributed by atoms with Gasteiger partial charge in [0, 0.05) is 26.0 Å². The Labute approximate surface area is 103 Å². The zero-order chi connectivity index (χ0) is 11.8. The van der Waals surface area contributed by atoms with Gasteiger partial charge >= 0.3 is 0 Å². The van der Waals surface area contributed by atoms with Crippen molar-refractivity contribution in [2.45, 2.75) is 18.4 Å². The predicted octanol–water partition coefficient (Wildman–Crippen LogP) is 2.86. The second kappa shape index (κ2) is 4.46. The van der Waals surface area contributed by atoms with E-state index in [1.807, 2.05) is 0 Å². The minimum Gasteiger partial charge on any atom is -0.242 e. The predicted molar refractivity (Wildman–Crippen MR) is 59.7 cm³/mol. The second-order valence-corrected chi connectivity index (χ2v) is 6.33. The molecule has 1 heterocycles. The highest BCUT2D eigenvalue weighted by atomic mass is 127. The summed E-state index contributed by atoms with van der Waals surface area (Å²) in [6.45, 7) is 1.26. The molecule has 8 heteroatoms.